The van der Waals surface area contributed by atoms with Crippen molar-refractivity contribution in [3.63, 3.8) is 0 Å². The van der Waals surface area contributed by atoms with Gasteiger partial charge in [0.15, 0.2) is 0 Å². The number of para-hydroxylation sites is 1. The molecule has 0 aliphatic heterocycles. The smallest absolute Gasteiger partial charge is 0.0954 e. The molecule has 1 heterocycles. The largest absolute Gasteiger partial charge is 0.398 e. The third-order valence-corrected chi connectivity index (χ3v) is 3.01. The molecular formula is C11H12N2OS. The summed E-state index contributed by atoms with van der Waals surface area (Å²) in [5.41, 5.74) is 7.17. The zero-order chi connectivity index (χ0) is 10.7. The first-order chi connectivity index (χ1) is 7.27. The van der Waals surface area contributed by atoms with Crippen molar-refractivity contribution in [2.45, 2.75) is 12.5 Å². The molecule has 15 heavy (non-hydrogen) atoms. The normalized spacial score (nSPS) is 12.6. The molecule has 2 aromatic rings. The molecule has 0 spiro atoms. The number of rotatable bonds is 3. The Morgan fingerprint density at radius 3 is 2.87 bits per heavy atom. The van der Waals surface area contributed by atoms with Crippen molar-refractivity contribution in [1.82, 2.24) is 4.98 Å². The van der Waals surface area contributed by atoms with E-state index in [1.165, 1.54) is 11.3 Å². The van der Waals surface area contributed by atoms with Crippen LogP contribution in [-0.2, 0) is 6.42 Å². The first kappa shape index (κ1) is 10.1. The van der Waals surface area contributed by atoms with Crippen LogP contribution in [0.15, 0.2) is 35.8 Å². The van der Waals surface area contributed by atoms with E-state index in [9.17, 15) is 5.11 Å². The van der Waals surface area contributed by atoms with Crippen LogP contribution in [0, 0.1) is 0 Å². The Morgan fingerprint density at radius 1 is 1.40 bits per heavy atom. The van der Waals surface area contributed by atoms with Crippen molar-refractivity contribution in [2.24, 2.45) is 0 Å². The summed E-state index contributed by atoms with van der Waals surface area (Å²) < 4.78 is 0. The summed E-state index contributed by atoms with van der Waals surface area (Å²) in [6, 6.07) is 7.36. The topological polar surface area (TPSA) is 59.1 Å². The summed E-state index contributed by atoms with van der Waals surface area (Å²) in [6.07, 6.45) is 1.68. The van der Waals surface area contributed by atoms with E-state index >= 15 is 0 Å². The minimum absolute atomic E-state index is 0.520. The van der Waals surface area contributed by atoms with Crippen LogP contribution in [0.3, 0.4) is 0 Å². The van der Waals surface area contributed by atoms with E-state index in [4.69, 9.17) is 5.73 Å². The highest BCUT2D eigenvalue weighted by Gasteiger charge is 2.12. The van der Waals surface area contributed by atoms with Crippen molar-refractivity contribution in [3.05, 3.63) is 46.4 Å². The summed E-state index contributed by atoms with van der Waals surface area (Å²) in [6.45, 7) is 0. The number of aromatic nitrogens is 1. The van der Waals surface area contributed by atoms with Crippen LogP contribution in [0.5, 0.6) is 0 Å². The SMILES string of the molecule is Nc1ccccc1C(O)Cc1nccs1. The third kappa shape index (κ3) is 2.34. The first-order valence-electron chi connectivity index (χ1n) is 4.68. The molecule has 0 saturated heterocycles. The van der Waals surface area contributed by atoms with Crippen LogP contribution in [0.2, 0.25) is 0 Å². The standard InChI is InChI=1S/C11H12N2OS/c12-9-4-2-1-3-8(9)10(14)7-11-13-5-6-15-11/h1-6,10,14H,7,12H2. The fourth-order valence-electron chi connectivity index (χ4n) is 1.44. The van der Waals surface area contributed by atoms with E-state index in [0.29, 0.717) is 12.1 Å². The first-order valence-corrected chi connectivity index (χ1v) is 5.56. The Labute approximate surface area is 92.2 Å². The molecule has 1 atom stereocenters. The van der Waals surface area contributed by atoms with Crippen LogP contribution in [-0.4, -0.2) is 10.1 Å². The molecule has 78 valence electrons. The monoisotopic (exact) mass is 220 g/mol. The van der Waals surface area contributed by atoms with Crippen LogP contribution >= 0.6 is 11.3 Å². The van der Waals surface area contributed by atoms with Gasteiger partial charge in [0.2, 0.25) is 0 Å². The van der Waals surface area contributed by atoms with Crippen molar-refractivity contribution in [2.75, 3.05) is 5.73 Å². The van der Waals surface area contributed by atoms with Crippen molar-refractivity contribution < 1.29 is 5.11 Å². The molecule has 0 bridgehead atoms. The van der Waals surface area contributed by atoms with Gasteiger partial charge in [0.25, 0.3) is 0 Å². The number of nitrogens with two attached hydrogens (primary N) is 1. The summed E-state index contributed by atoms with van der Waals surface area (Å²) in [7, 11) is 0. The molecule has 0 radical (unpaired) electrons. The molecular weight excluding hydrogens is 208 g/mol. The predicted molar refractivity (Wildman–Crippen MR) is 61.6 cm³/mol. The zero-order valence-electron chi connectivity index (χ0n) is 8.13. The maximum absolute atomic E-state index is 9.96. The van der Waals surface area contributed by atoms with Gasteiger partial charge in [-0.2, -0.15) is 0 Å². The van der Waals surface area contributed by atoms with E-state index in [0.717, 1.165) is 10.6 Å². The number of nitrogens with zero attached hydrogens (tertiary/aromatic N) is 1. The van der Waals surface area contributed by atoms with Crippen LogP contribution in [0.4, 0.5) is 5.69 Å². The van der Waals surface area contributed by atoms with Gasteiger partial charge in [0, 0.05) is 29.2 Å². The van der Waals surface area contributed by atoms with Crippen molar-refractivity contribution >= 4 is 17.0 Å². The van der Waals surface area contributed by atoms with E-state index in [2.05, 4.69) is 4.98 Å². The fraction of sp³-hybridized carbons (Fsp3) is 0.182. The second kappa shape index (κ2) is 4.42. The Bertz CT molecular complexity index is 428. The summed E-state index contributed by atoms with van der Waals surface area (Å²) >= 11 is 1.54. The lowest BCUT2D eigenvalue weighted by molar-refractivity contribution is 0.179. The van der Waals surface area contributed by atoms with Gasteiger partial charge in [0.05, 0.1) is 11.1 Å². The van der Waals surface area contributed by atoms with Gasteiger partial charge in [0.1, 0.15) is 0 Å². The lowest BCUT2D eigenvalue weighted by Gasteiger charge is -2.11. The van der Waals surface area contributed by atoms with Crippen molar-refractivity contribution in [3.8, 4) is 0 Å². The summed E-state index contributed by atoms with van der Waals surface area (Å²) in [4.78, 5) is 4.13. The molecule has 3 N–H and O–H groups in total. The number of aliphatic hydroxyl groups excluding tert-OH is 1. The lowest BCUT2D eigenvalue weighted by atomic mass is 10.1. The molecule has 2 rings (SSSR count). The second-order valence-corrected chi connectivity index (χ2v) is 4.25. The summed E-state index contributed by atoms with van der Waals surface area (Å²) in [5, 5.41) is 12.8. The molecule has 4 heteroatoms. The van der Waals surface area contributed by atoms with Crippen LogP contribution in [0.25, 0.3) is 0 Å². The fourth-order valence-corrected chi connectivity index (χ4v) is 2.10. The quantitative estimate of drug-likeness (QED) is 0.778. The highest BCUT2D eigenvalue weighted by atomic mass is 32.1. The van der Waals surface area contributed by atoms with Gasteiger partial charge in [-0.3, -0.25) is 0 Å². The predicted octanol–water partition coefficient (Wildman–Crippen LogP) is 2.00. The molecule has 0 aliphatic rings. The van der Waals surface area contributed by atoms with Gasteiger partial charge in [-0.1, -0.05) is 18.2 Å². The Morgan fingerprint density at radius 2 is 2.20 bits per heavy atom. The number of benzene rings is 1. The molecule has 3 nitrogen and oxygen atoms in total. The molecule has 1 aromatic carbocycles. The Balaban J connectivity index is 2.15. The van der Waals surface area contributed by atoms with Gasteiger partial charge in [-0.15, -0.1) is 11.3 Å². The molecule has 1 aromatic heterocycles. The maximum atomic E-state index is 9.96. The molecule has 0 amide bonds. The third-order valence-electron chi connectivity index (χ3n) is 2.21. The summed E-state index contributed by atoms with van der Waals surface area (Å²) in [5.74, 6) is 0. The number of anilines is 1. The number of aliphatic hydroxyl groups is 1. The molecule has 0 aliphatic carbocycles. The van der Waals surface area contributed by atoms with E-state index in [1.54, 1.807) is 12.3 Å². The number of thiazole rings is 1. The number of nitrogen functional groups attached to an aromatic ring is 1. The minimum Gasteiger partial charge on any atom is -0.398 e. The van der Waals surface area contributed by atoms with Gasteiger partial charge in [-0.25, -0.2) is 4.98 Å². The van der Waals surface area contributed by atoms with Crippen molar-refractivity contribution in [1.29, 1.82) is 0 Å². The maximum Gasteiger partial charge on any atom is 0.0954 e. The molecule has 1 unspecified atom stereocenters. The second-order valence-electron chi connectivity index (χ2n) is 3.27. The zero-order valence-corrected chi connectivity index (χ0v) is 8.95. The molecule has 0 fully saturated rings. The molecule has 0 saturated carbocycles. The van der Waals surface area contributed by atoms with Gasteiger partial charge in [-0.05, 0) is 6.07 Å². The number of hydrogen-bond acceptors (Lipinski definition) is 4. The van der Waals surface area contributed by atoms with E-state index in [-0.39, 0.29) is 0 Å². The van der Waals surface area contributed by atoms with Crippen LogP contribution in [0.1, 0.15) is 16.7 Å². The van der Waals surface area contributed by atoms with Crippen LogP contribution < -0.4 is 5.73 Å². The lowest BCUT2D eigenvalue weighted by Crippen LogP contribution is -2.04. The number of hydrogen-bond donors (Lipinski definition) is 2. The van der Waals surface area contributed by atoms with E-state index in [1.807, 2.05) is 23.6 Å². The average Bonchev–Trinajstić information content (AvgIpc) is 2.71. The minimum atomic E-state index is -0.572. The van der Waals surface area contributed by atoms with E-state index < -0.39 is 6.10 Å². The Kier molecular flexibility index (Phi) is 2.99. The highest BCUT2D eigenvalue weighted by Crippen LogP contribution is 2.23. The van der Waals surface area contributed by atoms with Gasteiger partial charge >= 0.3 is 0 Å². The Hall–Kier alpha value is -1.39. The van der Waals surface area contributed by atoms with Gasteiger partial charge < -0.3 is 10.8 Å². The average molecular weight is 220 g/mol. The highest BCUT2D eigenvalue weighted by molar-refractivity contribution is 7.09.